The molecule has 1 aliphatic rings. The highest BCUT2D eigenvalue weighted by Gasteiger charge is 2.27. The maximum Gasteiger partial charge on any atom is 0.189 e. The molecule has 0 spiro atoms. The first-order valence-electron chi connectivity index (χ1n) is 6.91. The average Bonchev–Trinajstić information content (AvgIpc) is 2.83. The van der Waals surface area contributed by atoms with Gasteiger partial charge in [0.2, 0.25) is 0 Å². The van der Waals surface area contributed by atoms with E-state index in [1.54, 1.807) is 44.6 Å². The maximum absolute atomic E-state index is 12.5. The minimum absolute atomic E-state index is 0.00373. The van der Waals surface area contributed by atoms with Crippen LogP contribution in [0.2, 0.25) is 0 Å². The predicted molar refractivity (Wildman–Crippen MR) is 83.7 cm³/mol. The van der Waals surface area contributed by atoms with Gasteiger partial charge in [0, 0.05) is 17.6 Å². The monoisotopic (exact) mass is 296 g/mol. The minimum Gasteiger partial charge on any atom is -0.508 e. The molecule has 0 amide bonds. The number of Topliss-reactive ketones (excluding diaryl/α,β-unsaturated/α-hetero) is 1. The lowest BCUT2D eigenvalue weighted by Crippen LogP contribution is -1.97. The Morgan fingerprint density at radius 1 is 1.05 bits per heavy atom. The van der Waals surface area contributed by atoms with Crippen molar-refractivity contribution in [2.24, 2.45) is 0 Å². The van der Waals surface area contributed by atoms with Crippen LogP contribution >= 0.6 is 0 Å². The molecular formula is C18H16O4. The van der Waals surface area contributed by atoms with Gasteiger partial charge in [0.05, 0.1) is 14.2 Å². The molecule has 4 heteroatoms. The third kappa shape index (κ3) is 2.44. The summed E-state index contributed by atoms with van der Waals surface area (Å²) in [4.78, 5) is 12.5. The largest absolute Gasteiger partial charge is 0.508 e. The van der Waals surface area contributed by atoms with Gasteiger partial charge in [0.15, 0.2) is 17.3 Å². The lowest BCUT2D eigenvalue weighted by molar-refractivity contribution is 0.104. The van der Waals surface area contributed by atoms with Gasteiger partial charge in [-0.15, -0.1) is 0 Å². The lowest BCUT2D eigenvalue weighted by atomic mass is 10.1. The molecule has 0 fully saturated rings. The van der Waals surface area contributed by atoms with E-state index >= 15 is 0 Å². The zero-order valence-electron chi connectivity index (χ0n) is 12.4. The molecular weight excluding hydrogens is 280 g/mol. The van der Waals surface area contributed by atoms with Crippen LogP contribution in [-0.2, 0) is 6.42 Å². The van der Waals surface area contributed by atoms with Crippen molar-refractivity contribution in [3.05, 3.63) is 58.7 Å². The second-order valence-corrected chi connectivity index (χ2v) is 5.13. The topological polar surface area (TPSA) is 55.8 Å². The smallest absolute Gasteiger partial charge is 0.189 e. The number of phenols is 1. The van der Waals surface area contributed by atoms with Gasteiger partial charge in [-0.05, 0) is 41.5 Å². The fraction of sp³-hybridized carbons (Fsp3) is 0.167. The average molecular weight is 296 g/mol. The SMILES string of the molecule is COc1cc2c(cc1OC)C(=O)C(=Cc1ccc(O)cc1)C2. The summed E-state index contributed by atoms with van der Waals surface area (Å²) in [5.41, 5.74) is 3.19. The van der Waals surface area contributed by atoms with Crippen molar-refractivity contribution in [1.29, 1.82) is 0 Å². The van der Waals surface area contributed by atoms with Gasteiger partial charge < -0.3 is 14.6 Å². The second kappa shape index (κ2) is 5.56. The van der Waals surface area contributed by atoms with Crippen molar-refractivity contribution in [2.45, 2.75) is 6.42 Å². The number of aromatic hydroxyl groups is 1. The number of carbonyl (C=O) groups is 1. The van der Waals surface area contributed by atoms with Crippen LogP contribution in [0.5, 0.6) is 17.2 Å². The maximum atomic E-state index is 12.5. The van der Waals surface area contributed by atoms with Gasteiger partial charge in [-0.3, -0.25) is 4.79 Å². The van der Waals surface area contributed by atoms with Gasteiger partial charge in [-0.25, -0.2) is 0 Å². The highest BCUT2D eigenvalue weighted by atomic mass is 16.5. The Bertz CT molecular complexity index is 757. The number of hydrogen-bond acceptors (Lipinski definition) is 4. The Balaban J connectivity index is 1.98. The van der Waals surface area contributed by atoms with Crippen LogP contribution in [0, 0.1) is 0 Å². The zero-order chi connectivity index (χ0) is 15.7. The molecule has 2 aromatic carbocycles. The molecule has 4 nitrogen and oxygen atoms in total. The van der Waals surface area contributed by atoms with Crippen LogP contribution in [0.25, 0.3) is 6.08 Å². The lowest BCUT2D eigenvalue weighted by Gasteiger charge is -2.08. The van der Waals surface area contributed by atoms with Crippen molar-refractivity contribution >= 4 is 11.9 Å². The number of phenolic OH excluding ortho intramolecular Hbond substituents is 1. The van der Waals surface area contributed by atoms with Crippen LogP contribution < -0.4 is 9.47 Å². The molecule has 0 saturated heterocycles. The summed E-state index contributed by atoms with van der Waals surface area (Å²) in [6, 6.07) is 10.3. The van der Waals surface area contributed by atoms with Crippen molar-refractivity contribution in [3.63, 3.8) is 0 Å². The van der Waals surface area contributed by atoms with Crippen LogP contribution in [0.4, 0.5) is 0 Å². The number of hydrogen-bond donors (Lipinski definition) is 1. The van der Waals surface area contributed by atoms with E-state index in [9.17, 15) is 9.90 Å². The molecule has 1 N–H and O–H groups in total. The van der Waals surface area contributed by atoms with E-state index in [4.69, 9.17) is 9.47 Å². The Morgan fingerprint density at radius 2 is 1.68 bits per heavy atom. The van der Waals surface area contributed by atoms with Crippen molar-refractivity contribution < 1.29 is 19.4 Å². The number of methoxy groups -OCH3 is 2. The van der Waals surface area contributed by atoms with Crippen molar-refractivity contribution in [1.82, 2.24) is 0 Å². The van der Waals surface area contributed by atoms with E-state index in [1.165, 1.54) is 0 Å². The van der Waals surface area contributed by atoms with Gasteiger partial charge >= 0.3 is 0 Å². The summed E-state index contributed by atoms with van der Waals surface area (Å²) in [6.45, 7) is 0. The van der Waals surface area contributed by atoms with Gasteiger partial charge in [-0.2, -0.15) is 0 Å². The molecule has 0 heterocycles. The Kier molecular flexibility index (Phi) is 3.59. The molecule has 0 atom stereocenters. The molecule has 1 aliphatic carbocycles. The standard InChI is InChI=1S/C18H16O4/c1-21-16-9-12-8-13(7-11-3-5-14(19)6-4-11)18(20)15(12)10-17(16)22-2/h3-7,9-10,19H,8H2,1-2H3. The third-order valence-corrected chi connectivity index (χ3v) is 3.76. The van der Waals surface area contributed by atoms with Crippen LogP contribution in [-0.4, -0.2) is 25.1 Å². The zero-order valence-corrected chi connectivity index (χ0v) is 12.4. The Morgan fingerprint density at radius 3 is 2.32 bits per heavy atom. The highest BCUT2D eigenvalue weighted by molar-refractivity contribution is 6.15. The fourth-order valence-electron chi connectivity index (χ4n) is 2.63. The molecule has 0 unspecified atom stereocenters. The quantitative estimate of drug-likeness (QED) is 0.884. The molecule has 22 heavy (non-hydrogen) atoms. The summed E-state index contributed by atoms with van der Waals surface area (Å²) in [7, 11) is 3.13. The summed E-state index contributed by atoms with van der Waals surface area (Å²) >= 11 is 0. The number of fused-ring (bicyclic) bond motifs is 1. The third-order valence-electron chi connectivity index (χ3n) is 3.76. The number of benzene rings is 2. The van der Waals surface area contributed by atoms with Crippen LogP contribution in [0.1, 0.15) is 21.5 Å². The molecule has 0 saturated carbocycles. The molecule has 3 rings (SSSR count). The van der Waals surface area contributed by atoms with E-state index in [1.807, 2.05) is 12.1 Å². The normalized spacial score (nSPS) is 15.0. The number of ketones is 1. The first-order chi connectivity index (χ1) is 10.6. The van der Waals surface area contributed by atoms with Gasteiger partial charge in [-0.1, -0.05) is 12.1 Å². The van der Waals surface area contributed by atoms with E-state index in [0.717, 1.165) is 16.7 Å². The first-order valence-corrected chi connectivity index (χ1v) is 6.91. The van der Waals surface area contributed by atoms with E-state index in [0.29, 0.717) is 23.5 Å². The molecule has 0 aliphatic heterocycles. The summed E-state index contributed by atoms with van der Waals surface area (Å²) in [5, 5.41) is 9.31. The Hall–Kier alpha value is -2.75. The number of ether oxygens (including phenoxy) is 2. The Labute approximate surface area is 128 Å². The molecule has 0 bridgehead atoms. The van der Waals surface area contributed by atoms with Gasteiger partial charge in [0.25, 0.3) is 0 Å². The van der Waals surface area contributed by atoms with E-state index < -0.39 is 0 Å². The molecule has 112 valence electrons. The summed E-state index contributed by atoms with van der Waals surface area (Å²) in [6.07, 6.45) is 2.41. The number of rotatable bonds is 3. The summed E-state index contributed by atoms with van der Waals surface area (Å²) in [5.74, 6) is 1.39. The van der Waals surface area contributed by atoms with Crippen molar-refractivity contribution in [3.8, 4) is 17.2 Å². The highest BCUT2D eigenvalue weighted by Crippen LogP contribution is 2.37. The number of allylic oxidation sites excluding steroid dienone is 1. The van der Waals surface area contributed by atoms with Crippen LogP contribution in [0.3, 0.4) is 0 Å². The van der Waals surface area contributed by atoms with E-state index in [2.05, 4.69) is 0 Å². The van der Waals surface area contributed by atoms with Crippen molar-refractivity contribution in [2.75, 3.05) is 14.2 Å². The minimum atomic E-state index is 0.00373. The molecule has 2 aromatic rings. The second-order valence-electron chi connectivity index (χ2n) is 5.13. The van der Waals surface area contributed by atoms with E-state index in [-0.39, 0.29) is 11.5 Å². The van der Waals surface area contributed by atoms with Gasteiger partial charge in [0.1, 0.15) is 5.75 Å². The fourth-order valence-corrected chi connectivity index (χ4v) is 2.63. The summed E-state index contributed by atoms with van der Waals surface area (Å²) < 4.78 is 10.5. The predicted octanol–water partition coefficient (Wildman–Crippen LogP) is 3.23. The molecule has 0 radical (unpaired) electrons. The van der Waals surface area contributed by atoms with Crippen LogP contribution in [0.15, 0.2) is 42.0 Å². The molecule has 0 aromatic heterocycles. The number of carbonyl (C=O) groups excluding carboxylic acids is 1. The first kappa shape index (κ1) is 14.2.